The highest BCUT2D eigenvalue weighted by atomic mass is 19.1. The molecule has 0 aliphatic heterocycles. The smallest absolute Gasteiger partial charge is 0.234 e. The summed E-state index contributed by atoms with van der Waals surface area (Å²) in [5.41, 5.74) is 2.15. The topological polar surface area (TPSA) is 93.5 Å². The van der Waals surface area contributed by atoms with Gasteiger partial charge in [0.05, 0.1) is 24.5 Å². The van der Waals surface area contributed by atoms with Crippen molar-refractivity contribution in [2.24, 2.45) is 0 Å². The Kier molecular flexibility index (Phi) is 4.41. The van der Waals surface area contributed by atoms with Crippen molar-refractivity contribution in [3.8, 4) is 11.7 Å². The van der Waals surface area contributed by atoms with Crippen molar-refractivity contribution in [1.29, 1.82) is 0 Å². The first-order valence-corrected chi connectivity index (χ1v) is 8.54. The quantitative estimate of drug-likeness (QED) is 0.543. The Bertz CT molecular complexity index is 1060. The summed E-state index contributed by atoms with van der Waals surface area (Å²) in [6, 6.07) is 8.42. The number of rotatable bonds is 6. The van der Waals surface area contributed by atoms with E-state index < -0.39 is 0 Å². The van der Waals surface area contributed by atoms with Gasteiger partial charge in [0.1, 0.15) is 29.3 Å². The number of ether oxygens (including phenoxy) is 1. The van der Waals surface area contributed by atoms with Crippen LogP contribution in [0.25, 0.3) is 17.0 Å². The van der Waals surface area contributed by atoms with E-state index in [1.165, 1.54) is 12.3 Å². The largest absolute Gasteiger partial charge is 0.477 e. The van der Waals surface area contributed by atoms with Crippen molar-refractivity contribution in [3.05, 3.63) is 54.4 Å². The number of nitrogens with zero attached hydrogens (tertiary/aromatic N) is 5. The van der Waals surface area contributed by atoms with Gasteiger partial charge in [0.25, 0.3) is 0 Å². The molecule has 0 aliphatic rings. The summed E-state index contributed by atoms with van der Waals surface area (Å²) in [5.74, 6) is 1.52. The van der Waals surface area contributed by atoms with Crippen molar-refractivity contribution in [2.45, 2.75) is 19.9 Å². The lowest BCUT2D eigenvalue weighted by Crippen LogP contribution is -2.10. The van der Waals surface area contributed by atoms with Crippen LogP contribution in [0.1, 0.15) is 25.6 Å². The van der Waals surface area contributed by atoms with Crippen LogP contribution in [-0.2, 0) is 0 Å². The molecule has 4 rings (SSSR count). The van der Waals surface area contributed by atoms with Gasteiger partial charge in [-0.25, -0.2) is 14.4 Å². The van der Waals surface area contributed by atoms with E-state index in [1.54, 1.807) is 23.0 Å². The van der Waals surface area contributed by atoms with Crippen LogP contribution in [-0.4, -0.2) is 36.3 Å². The molecule has 0 spiro atoms. The van der Waals surface area contributed by atoms with Crippen LogP contribution in [0.5, 0.6) is 5.88 Å². The maximum atomic E-state index is 13.0. The third-order valence-corrected chi connectivity index (χ3v) is 4.05. The number of imidazole rings is 1. The minimum absolute atomic E-state index is 0.136. The number of H-pyrrole nitrogens is 1. The molecule has 0 aliphatic carbocycles. The third-order valence-electron chi connectivity index (χ3n) is 4.05. The second-order valence-electron chi connectivity index (χ2n) is 5.95. The minimum Gasteiger partial charge on any atom is -0.477 e. The summed E-state index contributed by atoms with van der Waals surface area (Å²) in [7, 11) is 0. The minimum atomic E-state index is -0.361. The Morgan fingerprint density at radius 1 is 1.26 bits per heavy atom. The van der Waals surface area contributed by atoms with E-state index in [4.69, 9.17) is 4.74 Å². The van der Waals surface area contributed by atoms with E-state index in [0.29, 0.717) is 29.8 Å². The number of nitrogens with one attached hydrogen (secondary N) is 2. The fourth-order valence-electron chi connectivity index (χ4n) is 2.73. The molecule has 1 atom stereocenters. The molecule has 9 heteroatoms. The Morgan fingerprint density at radius 3 is 2.93 bits per heavy atom. The molecule has 2 N–H and O–H groups in total. The van der Waals surface area contributed by atoms with Gasteiger partial charge in [0.2, 0.25) is 5.88 Å². The molecule has 0 amide bonds. The second-order valence-corrected chi connectivity index (χ2v) is 5.95. The number of hydrogen-bond donors (Lipinski definition) is 2. The molecule has 0 aromatic carbocycles. The van der Waals surface area contributed by atoms with Crippen molar-refractivity contribution in [2.75, 3.05) is 11.9 Å². The lowest BCUT2D eigenvalue weighted by Gasteiger charge is -2.14. The number of anilines is 1. The standard InChI is InChI=1S/C18H18FN7O/c1-3-27-17-8-16(24-25-17)26-10-21-14-6-7-15(23-18(14)26)22-11(2)13-5-4-12(19)9-20-13/h4-11H,3H2,1-2H3,(H,22,23)(H,24,25)/t11-/m0/s1. The zero-order valence-electron chi connectivity index (χ0n) is 14.8. The van der Waals surface area contributed by atoms with E-state index >= 15 is 0 Å². The van der Waals surface area contributed by atoms with Crippen LogP contribution in [0.3, 0.4) is 0 Å². The van der Waals surface area contributed by atoms with Crippen molar-refractivity contribution in [1.82, 2.24) is 29.7 Å². The highest BCUT2D eigenvalue weighted by Gasteiger charge is 2.12. The van der Waals surface area contributed by atoms with Crippen molar-refractivity contribution >= 4 is 17.0 Å². The maximum Gasteiger partial charge on any atom is 0.234 e. The van der Waals surface area contributed by atoms with E-state index in [-0.39, 0.29) is 11.9 Å². The first-order valence-electron chi connectivity index (χ1n) is 8.54. The zero-order chi connectivity index (χ0) is 18.8. The summed E-state index contributed by atoms with van der Waals surface area (Å²) >= 11 is 0. The van der Waals surface area contributed by atoms with Gasteiger partial charge in [-0.15, -0.1) is 5.10 Å². The second kappa shape index (κ2) is 7.02. The maximum absolute atomic E-state index is 13.0. The van der Waals surface area contributed by atoms with E-state index in [1.807, 2.05) is 26.0 Å². The van der Waals surface area contributed by atoms with Gasteiger partial charge < -0.3 is 10.1 Å². The van der Waals surface area contributed by atoms with Crippen LogP contribution in [0, 0.1) is 5.82 Å². The van der Waals surface area contributed by atoms with E-state index in [0.717, 1.165) is 11.2 Å². The number of aromatic nitrogens is 6. The van der Waals surface area contributed by atoms with Gasteiger partial charge in [-0.2, -0.15) is 0 Å². The van der Waals surface area contributed by atoms with Gasteiger partial charge in [0, 0.05) is 6.07 Å². The number of aromatic amines is 1. The molecule has 27 heavy (non-hydrogen) atoms. The van der Waals surface area contributed by atoms with Crippen LogP contribution >= 0.6 is 0 Å². The molecule has 0 saturated carbocycles. The average molecular weight is 367 g/mol. The summed E-state index contributed by atoms with van der Waals surface area (Å²) < 4.78 is 20.2. The number of halogens is 1. The zero-order valence-corrected chi connectivity index (χ0v) is 14.8. The summed E-state index contributed by atoms with van der Waals surface area (Å²) in [6.07, 6.45) is 2.88. The third kappa shape index (κ3) is 3.43. The SMILES string of the molecule is CCOc1cc(-n2cnc3ccc(N[C@@H](C)c4ccc(F)cn4)nc32)[nH]n1. The predicted molar refractivity (Wildman–Crippen MR) is 98.4 cm³/mol. The molecule has 4 aromatic heterocycles. The van der Waals surface area contributed by atoms with Gasteiger partial charge in [0.15, 0.2) is 5.65 Å². The molecular weight excluding hydrogens is 349 g/mol. The van der Waals surface area contributed by atoms with Gasteiger partial charge >= 0.3 is 0 Å². The number of fused-ring (bicyclic) bond motifs is 1. The van der Waals surface area contributed by atoms with Crippen molar-refractivity contribution in [3.63, 3.8) is 0 Å². The first kappa shape index (κ1) is 17.0. The lowest BCUT2D eigenvalue weighted by molar-refractivity contribution is 0.326. The average Bonchev–Trinajstić information content (AvgIpc) is 3.29. The van der Waals surface area contributed by atoms with Crippen LogP contribution in [0.4, 0.5) is 10.2 Å². The molecule has 0 unspecified atom stereocenters. The Labute approximate surface area is 154 Å². The fraction of sp³-hybridized carbons (Fsp3) is 0.222. The number of hydrogen-bond acceptors (Lipinski definition) is 6. The molecule has 0 saturated heterocycles. The molecule has 138 valence electrons. The van der Waals surface area contributed by atoms with Gasteiger partial charge in [-0.05, 0) is 38.1 Å². The monoisotopic (exact) mass is 367 g/mol. The summed E-state index contributed by atoms with van der Waals surface area (Å²) in [4.78, 5) is 13.1. The Balaban J connectivity index is 1.62. The Hall–Kier alpha value is -3.49. The van der Waals surface area contributed by atoms with E-state index in [2.05, 4.69) is 30.5 Å². The molecule has 0 radical (unpaired) electrons. The van der Waals surface area contributed by atoms with Crippen LogP contribution < -0.4 is 10.1 Å². The molecule has 4 aromatic rings. The van der Waals surface area contributed by atoms with Crippen LogP contribution in [0.15, 0.2) is 42.9 Å². The Morgan fingerprint density at radius 2 is 2.15 bits per heavy atom. The normalized spacial score (nSPS) is 12.3. The van der Waals surface area contributed by atoms with Crippen LogP contribution in [0.2, 0.25) is 0 Å². The molecule has 0 fully saturated rings. The molecule has 0 bridgehead atoms. The van der Waals surface area contributed by atoms with Gasteiger partial charge in [-0.3, -0.25) is 14.6 Å². The van der Waals surface area contributed by atoms with Gasteiger partial charge in [-0.1, -0.05) is 0 Å². The first-order chi connectivity index (χ1) is 13.1. The summed E-state index contributed by atoms with van der Waals surface area (Å²) in [5, 5.41) is 10.3. The molecule has 8 nitrogen and oxygen atoms in total. The number of pyridine rings is 2. The van der Waals surface area contributed by atoms with E-state index in [9.17, 15) is 4.39 Å². The van der Waals surface area contributed by atoms with Crippen molar-refractivity contribution < 1.29 is 9.13 Å². The highest BCUT2D eigenvalue weighted by Crippen LogP contribution is 2.22. The fourth-order valence-corrected chi connectivity index (χ4v) is 2.73. The summed E-state index contributed by atoms with van der Waals surface area (Å²) in [6.45, 7) is 4.38. The lowest BCUT2D eigenvalue weighted by atomic mass is 10.2. The molecular formula is C18H18FN7O. The predicted octanol–water partition coefficient (Wildman–Crippen LogP) is 3.25. The highest BCUT2D eigenvalue weighted by molar-refractivity contribution is 5.74. The molecule has 4 heterocycles.